The first-order chi connectivity index (χ1) is 16.1. The fourth-order valence-corrected chi connectivity index (χ4v) is 3.57. The number of amides is 1. The summed E-state index contributed by atoms with van der Waals surface area (Å²) >= 11 is 0. The number of hydrogen-bond donors (Lipinski definition) is 3. The monoisotopic (exact) mass is 461 g/mol. The van der Waals surface area contributed by atoms with Crippen LogP contribution in [0.25, 0.3) is 0 Å². The smallest absolute Gasteiger partial charge is 0.328 e. The first kappa shape index (κ1) is 31.0. The molecule has 0 saturated heterocycles. The average molecular weight is 462 g/mol. The quantitative estimate of drug-likeness (QED) is 0.145. The third-order valence-corrected chi connectivity index (χ3v) is 5.67. The van der Waals surface area contributed by atoms with E-state index in [-0.39, 0.29) is 5.91 Å². The molecule has 0 spiro atoms. The van der Waals surface area contributed by atoms with Crippen molar-refractivity contribution in [3.05, 3.63) is 0 Å². The highest BCUT2D eigenvalue weighted by atomic mass is 16.4. The molecule has 188 valence electrons. The molecule has 0 aliphatic heterocycles. The highest BCUT2D eigenvalue weighted by Crippen LogP contribution is 2.11. The van der Waals surface area contributed by atoms with Crippen LogP contribution in [0.2, 0.25) is 0 Å². The maximum atomic E-state index is 11.6. The molecule has 0 aliphatic rings. The molecule has 0 unspecified atom stereocenters. The molecule has 0 heterocycles. The van der Waals surface area contributed by atoms with Crippen molar-refractivity contribution in [3.8, 4) is 23.7 Å². The predicted molar refractivity (Wildman–Crippen MR) is 136 cm³/mol. The molecular weight excluding hydrogens is 414 g/mol. The third kappa shape index (κ3) is 23.0. The van der Waals surface area contributed by atoms with Crippen LogP contribution in [0.3, 0.4) is 0 Å². The van der Waals surface area contributed by atoms with Gasteiger partial charge in [-0.05, 0) is 31.1 Å². The number of aliphatic carboxylic acids is 1. The summed E-state index contributed by atoms with van der Waals surface area (Å²) in [5.41, 5.74) is 0. The van der Waals surface area contributed by atoms with Crippen LogP contribution in [0.4, 0.5) is 0 Å². The van der Waals surface area contributed by atoms with Gasteiger partial charge in [0.25, 0.3) is 0 Å². The molecule has 1 amide bonds. The highest BCUT2D eigenvalue weighted by Gasteiger charge is 2.17. The summed E-state index contributed by atoms with van der Waals surface area (Å²) in [6.07, 6.45) is 21.7. The molecule has 5 nitrogen and oxygen atoms in total. The van der Waals surface area contributed by atoms with E-state index >= 15 is 0 Å². The van der Waals surface area contributed by atoms with Crippen LogP contribution < -0.4 is 5.32 Å². The molecule has 1 atom stereocenters. The van der Waals surface area contributed by atoms with E-state index in [2.05, 4.69) is 35.9 Å². The SMILES string of the molecule is CCCCCCCCCCCCC#CC#CCCCCCCCCC(=O)N[C@@H](CO)C(=O)O. The molecule has 0 rings (SSSR count). The Morgan fingerprint density at radius 2 is 1.12 bits per heavy atom. The number of carbonyl (C=O) groups excluding carboxylic acids is 1. The van der Waals surface area contributed by atoms with E-state index in [4.69, 9.17) is 10.2 Å². The Kier molecular flexibility index (Phi) is 23.2. The van der Waals surface area contributed by atoms with E-state index in [1.807, 2.05) is 0 Å². The fourth-order valence-electron chi connectivity index (χ4n) is 3.57. The number of carboxylic acid groups (broad SMARTS) is 1. The zero-order valence-corrected chi connectivity index (χ0v) is 20.9. The minimum absolute atomic E-state index is 0.299. The van der Waals surface area contributed by atoms with Crippen LogP contribution in [-0.2, 0) is 9.59 Å². The molecule has 0 aromatic carbocycles. The summed E-state index contributed by atoms with van der Waals surface area (Å²) in [6, 6.07) is -1.21. The molecular formula is C28H47NO4. The van der Waals surface area contributed by atoms with Gasteiger partial charge >= 0.3 is 5.97 Å². The third-order valence-electron chi connectivity index (χ3n) is 5.67. The zero-order chi connectivity index (χ0) is 24.4. The molecule has 5 heteroatoms. The van der Waals surface area contributed by atoms with Gasteiger partial charge in [0.15, 0.2) is 0 Å². The van der Waals surface area contributed by atoms with Crippen molar-refractivity contribution in [3.63, 3.8) is 0 Å². The molecule has 0 bridgehead atoms. The van der Waals surface area contributed by atoms with E-state index in [1.54, 1.807) is 0 Å². The van der Waals surface area contributed by atoms with Crippen LogP contribution in [0.1, 0.15) is 129 Å². The zero-order valence-electron chi connectivity index (χ0n) is 20.9. The van der Waals surface area contributed by atoms with Crippen LogP contribution >= 0.6 is 0 Å². The Labute approximate surface area is 202 Å². The van der Waals surface area contributed by atoms with Crippen LogP contribution in [0, 0.1) is 23.7 Å². The second-order valence-corrected chi connectivity index (χ2v) is 8.80. The van der Waals surface area contributed by atoms with Gasteiger partial charge in [-0.2, -0.15) is 0 Å². The molecule has 0 radical (unpaired) electrons. The van der Waals surface area contributed by atoms with E-state index in [0.29, 0.717) is 6.42 Å². The van der Waals surface area contributed by atoms with Crippen molar-refractivity contribution < 1.29 is 19.8 Å². The first-order valence-corrected chi connectivity index (χ1v) is 13.2. The van der Waals surface area contributed by atoms with Crippen molar-refractivity contribution >= 4 is 11.9 Å². The highest BCUT2D eigenvalue weighted by molar-refractivity contribution is 5.83. The van der Waals surface area contributed by atoms with E-state index in [1.165, 1.54) is 64.2 Å². The molecule has 0 aromatic heterocycles. The molecule has 0 fully saturated rings. The van der Waals surface area contributed by atoms with E-state index < -0.39 is 18.6 Å². The van der Waals surface area contributed by atoms with Crippen molar-refractivity contribution in [1.82, 2.24) is 5.32 Å². The number of carbonyl (C=O) groups is 2. The first-order valence-electron chi connectivity index (χ1n) is 13.2. The lowest BCUT2D eigenvalue weighted by atomic mass is 10.1. The van der Waals surface area contributed by atoms with Gasteiger partial charge in [-0.25, -0.2) is 4.79 Å². The van der Waals surface area contributed by atoms with E-state index in [0.717, 1.165) is 51.4 Å². The van der Waals surface area contributed by atoms with Crippen molar-refractivity contribution in [2.45, 2.75) is 135 Å². The van der Waals surface area contributed by atoms with Gasteiger partial charge < -0.3 is 15.5 Å². The number of aliphatic hydroxyl groups excluding tert-OH is 1. The lowest BCUT2D eigenvalue weighted by molar-refractivity contribution is -0.142. The lowest BCUT2D eigenvalue weighted by Crippen LogP contribution is -2.43. The van der Waals surface area contributed by atoms with Gasteiger partial charge in [0, 0.05) is 19.3 Å². The number of hydrogen-bond acceptors (Lipinski definition) is 3. The van der Waals surface area contributed by atoms with Crippen LogP contribution in [0.15, 0.2) is 0 Å². The van der Waals surface area contributed by atoms with Crippen LogP contribution in [0.5, 0.6) is 0 Å². The molecule has 0 saturated carbocycles. The van der Waals surface area contributed by atoms with Crippen molar-refractivity contribution in [2.24, 2.45) is 0 Å². The molecule has 3 N–H and O–H groups in total. The summed E-state index contributed by atoms with van der Waals surface area (Å²) in [5, 5.41) is 20.0. The Hall–Kier alpha value is -1.98. The average Bonchev–Trinajstić information content (AvgIpc) is 2.80. The van der Waals surface area contributed by atoms with Gasteiger partial charge in [0.1, 0.15) is 6.04 Å². The summed E-state index contributed by atoms with van der Waals surface area (Å²) in [5.74, 6) is 10.7. The number of carboxylic acids is 1. The van der Waals surface area contributed by atoms with Gasteiger partial charge in [-0.1, -0.05) is 102 Å². The fraction of sp³-hybridized carbons (Fsp3) is 0.786. The number of aliphatic hydroxyl groups is 1. The number of unbranched alkanes of at least 4 members (excludes halogenated alkanes) is 16. The van der Waals surface area contributed by atoms with Gasteiger partial charge in [-0.3, -0.25) is 4.79 Å². The largest absolute Gasteiger partial charge is 0.480 e. The Morgan fingerprint density at radius 3 is 1.55 bits per heavy atom. The van der Waals surface area contributed by atoms with E-state index in [9.17, 15) is 9.59 Å². The minimum atomic E-state index is -1.21. The summed E-state index contributed by atoms with van der Waals surface area (Å²) in [6.45, 7) is 1.67. The van der Waals surface area contributed by atoms with Crippen molar-refractivity contribution in [1.29, 1.82) is 0 Å². The molecule has 33 heavy (non-hydrogen) atoms. The maximum Gasteiger partial charge on any atom is 0.328 e. The van der Waals surface area contributed by atoms with Gasteiger partial charge in [-0.15, -0.1) is 0 Å². The van der Waals surface area contributed by atoms with Crippen molar-refractivity contribution in [2.75, 3.05) is 6.61 Å². The molecule has 0 aromatic rings. The second kappa shape index (κ2) is 24.7. The Morgan fingerprint density at radius 1 is 0.697 bits per heavy atom. The second-order valence-electron chi connectivity index (χ2n) is 8.80. The van der Waals surface area contributed by atoms with Gasteiger partial charge in [0.05, 0.1) is 6.61 Å². The summed E-state index contributed by atoms with van der Waals surface area (Å²) in [7, 11) is 0. The normalized spacial score (nSPS) is 11.1. The summed E-state index contributed by atoms with van der Waals surface area (Å²) < 4.78 is 0. The topological polar surface area (TPSA) is 86.6 Å². The molecule has 0 aliphatic carbocycles. The minimum Gasteiger partial charge on any atom is -0.480 e. The lowest BCUT2D eigenvalue weighted by Gasteiger charge is -2.11. The standard InChI is InChI=1S/C28H47NO4/c1-2-3-4-5-6-7-8-9-10-11-12-13-14-15-16-17-18-19-20-21-22-23-24-27(31)29-26(25-30)28(32)33/h26,30H,2-12,17-25H2,1H3,(H,29,31)(H,32,33)/t26-/m0/s1. The number of rotatable bonds is 21. The number of nitrogens with one attached hydrogen (secondary N) is 1. The predicted octanol–water partition coefficient (Wildman–Crippen LogP) is 5.99. The van der Waals surface area contributed by atoms with Gasteiger partial charge in [0.2, 0.25) is 5.91 Å². The maximum absolute atomic E-state index is 11.6. The Bertz CT molecular complexity index is 609. The van der Waals surface area contributed by atoms with Crippen LogP contribution in [-0.4, -0.2) is 34.7 Å². The Balaban J connectivity index is 3.42. The summed E-state index contributed by atoms with van der Waals surface area (Å²) in [4.78, 5) is 22.4.